The lowest BCUT2D eigenvalue weighted by Crippen LogP contribution is -1.98. The summed E-state index contributed by atoms with van der Waals surface area (Å²) in [6.07, 6.45) is 1.40. The van der Waals surface area contributed by atoms with Crippen LogP contribution in [0.1, 0.15) is 30.9 Å². The summed E-state index contributed by atoms with van der Waals surface area (Å²) in [4.78, 5) is 3.99. The number of rotatable bonds is 4. The minimum atomic E-state index is -0.375. The lowest BCUT2D eigenvalue weighted by Gasteiger charge is -2.08. The highest BCUT2D eigenvalue weighted by Crippen LogP contribution is 2.19. The molecule has 1 aromatic carbocycles. The maximum Gasteiger partial charge on any atom is 0.216 e. The molecule has 0 atom stereocenters. The monoisotopic (exact) mass is 323 g/mol. The lowest BCUT2D eigenvalue weighted by molar-refractivity contribution is 0.292. The molecule has 1 aromatic heterocycles. The van der Waals surface area contributed by atoms with E-state index >= 15 is 0 Å². The Morgan fingerprint density at radius 2 is 1.95 bits per heavy atom. The highest BCUT2D eigenvalue weighted by Gasteiger charge is 2.04. The topological polar surface area (TPSA) is 22.1 Å². The van der Waals surface area contributed by atoms with E-state index in [1.54, 1.807) is 0 Å². The quantitative estimate of drug-likeness (QED) is 0.814. The Labute approximate surface area is 120 Å². The predicted octanol–water partition coefficient (Wildman–Crippen LogP) is 4.69. The van der Waals surface area contributed by atoms with E-state index in [4.69, 9.17) is 4.74 Å². The van der Waals surface area contributed by atoms with Gasteiger partial charge in [-0.05, 0) is 33.0 Å². The van der Waals surface area contributed by atoms with Crippen LogP contribution in [0.5, 0.6) is 5.88 Å². The Kier molecular flexibility index (Phi) is 4.53. The summed E-state index contributed by atoms with van der Waals surface area (Å²) < 4.78 is 19.1. The zero-order valence-corrected chi connectivity index (χ0v) is 12.4. The van der Waals surface area contributed by atoms with Crippen molar-refractivity contribution in [2.24, 2.45) is 0 Å². The molecule has 0 fully saturated rings. The lowest BCUT2D eigenvalue weighted by atomic mass is 10.0. The van der Waals surface area contributed by atoms with E-state index in [9.17, 15) is 4.39 Å². The van der Waals surface area contributed by atoms with Gasteiger partial charge in [0.05, 0.1) is 4.47 Å². The average molecular weight is 324 g/mol. The number of aromatic nitrogens is 1. The molecule has 0 amide bonds. The van der Waals surface area contributed by atoms with E-state index < -0.39 is 0 Å². The SMILES string of the molecule is CC(C)c1ccc(COc2cc(F)c(Br)cn2)cc1. The van der Waals surface area contributed by atoms with Crippen molar-refractivity contribution in [1.29, 1.82) is 0 Å². The second-order valence-corrected chi connectivity index (χ2v) is 5.48. The zero-order chi connectivity index (χ0) is 13.8. The Hall–Kier alpha value is -1.42. The molecule has 0 aliphatic rings. The maximum absolute atomic E-state index is 13.3. The Morgan fingerprint density at radius 3 is 2.53 bits per heavy atom. The van der Waals surface area contributed by atoms with Crippen molar-refractivity contribution in [3.05, 3.63) is 57.9 Å². The van der Waals surface area contributed by atoms with Crippen LogP contribution in [-0.2, 0) is 6.61 Å². The molecule has 4 heteroatoms. The van der Waals surface area contributed by atoms with Crippen molar-refractivity contribution >= 4 is 15.9 Å². The number of hydrogen-bond donors (Lipinski definition) is 0. The molecule has 2 rings (SSSR count). The standard InChI is InChI=1S/C15H15BrFNO/c1-10(2)12-5-3-11(4-6-12)9-19-15-7-14(17)13(16)8-18-15/h3-8,10H,9H2,1-2H3. The van der Waals surface area contributed by atoms with Gasteiger partial charge in [0.25, 0.3) is 0 Å². The molecule has 2 aromatic rings. The third-order valence-electron chi connectivity index (χ3n) is 2.82. The molecule has 2 nitrogen and oxygen atoms in total. The second-order valence-electron chi connectivity index (χ2n) is 4.62. The van der Waals surface area contributed by atoms with Crippen molar-refractivity contribution in [3.8, 4) is 5.88 Å². The fourth-order valence-corrected chi connectivity index (χ4v) is 1.85. The molecule has 0 radical (unpaired) electrons. The van der Waals surface area contributed by atoms with Gasteiger partial charge in [0, 0.05) is 12.3 Å². The van der Waals surface area contributed by atoms with E-state index in [-0.39, 0.29) is 11.7 Å². The zero-order valence-electron chi connectivity index (χ0n) is 10.9. The minimum Gasteiger partial charge on any atom is -0.473 e. The largest absolute Gasteiger partial charge is 0.473 e. The molecule has 0 unspecified atom stereocenters. The summed E-state index contributed by atoms with van der Waals surface area (Å²) in [5, 5.41) is 0. The second kappa shape index (κ2) is 6.15. The first-order valence-corrected chi connectivity index (χ1v) is 6.88. The van der Waals surface area contributed by atoms with Gasteiger partial charge >= 0.3 is 0 Å². The molecular formula is C15H15BrFNO. The third-order valence-corrected chi connectivity index (χ3v) is 3.40. The normalized spacial score (nSPS) is 10.8. The van der Waals surface area contributed by atoms with Gasteiger partial charge in [-0.3, -0.25) is 0 Å². The van der Waals surface area contributed by atoms with Crippen LogP contribution >= 0.6 is 15.9 Å². The number of pyridine rings is 1. The fraction of sp³-hybridized carbons (Fsp3) is 0.267. The number of benzene rings is 1. The summed E-state index contributed by atoms with van der Waals surface area (Å²) in [7, 11) is 0. The van der Waals surface area contributed by atoms with E-state index in [1.165, 1.54) is 17.8 Å². The highest BCUT2D eigenvalue weighted by molar-refractivity contribution is 9.10. The summed E-state index contributed by atoms with van der Waals surface area (Å²) in [6.45, 7) is 4.69. The van der Waals surface area contributed by atoms with Gasteiger partial charge in [-0.15, -0.1) is 0 Å². The van der Waals surface area contributed by atoms with Gasteiger partial charge < -0.3 is 4.74 Å². The Morgan fingerprint density at radius 1 is 1.26 bits per heavy atom. The van der Waals surface area contributed by atoms with Gasteiger partial charge in [-0.2, -0.15) is 0 Å². The van der Waals surface area contributed by atoms with Crippen LogP contribution in [-0.4, -0.2) is 4.98 Å². The van der Waals surface area contributed by atoms with Gasteiger partial charge in [-0.25, -0.2) is 9.37 Å². The third kappa shape index (κ3) is 3.77. The first kappa shape index (κ1) is 14.0. The molecule has 0 aliphatic heterocycles. The van der Waals surface area contributed by atoms with Gasteiger partial charge in [-0.1, -0.05) is 38.1 Å². The summed E-state index contributed by atoms with van der Waals surface area (Å²) >= 11 is 3.05. The van der Waals surface area contributed by atoms with Crippen LogP contribution in [0, 0.1) is 5.82 Å². The van der Waals surface area contributed by atoms with Crippen LogP contribution in [0.4, 0.5) is 4.39 Å². The molecule has 0 bridgehead atoms. The first-order chi connectivity index (χ1) is 9.06. The molecule has 0 saturated carbocycles. The van der Waals surface area contributed by atoms with Gasteiger partial charge in [0.1, 0.15) is 12.4 Å². The molecule has 1 heterocycles. The predicted molar refractivity (Wildman–Crippen MR) is 76.8 cm³/mol. The summed E-state index contributed by atoms with van der Waals surface area (Å²) in [6, 6.07) is 9.47. The van der Waals surface area contributed by atoms with Crippen molar-refractivity contribution in [3.63, 3.8) is 0 Å². The van der Waals surface area contributed by atoms with Crippen molar-refractivity contribution < 1.29 is 9.13 Å². The molecule has 0 spiro atoms. The molecule has 0 saturated heterocycles. The molecule has 19 heavy (non-hydrogen) atoms. The minimum absolute atomic E-state index is 0.286. The Balaban J connectivity index is 2.00. The van der Waals surface area contributed by atoms with Crippen LogP contribution in [0.3, 0.4) is 0 Å². The van der Waals surface area contributed by atoms with Gasteiger partial charge in [0.2, 0.25) is 5.88 Å². The molecule has 0 N–H and O–H groups in total. The van der Waals surface area contributed by atoms with E-state index in [0.717, 1.165) is 5.56 Å². The summed E-state index contributed by atoms with van der Waals surface area (Å²) in [5.41, 5.74) is 2.33. The Bertz CT molecular complexity index is 555. The number of hydrogen-bond acceptors (Lipinski definition) is 2. The van der Waals surface area contributed by atoms with Crippen molar-refractivity contribution in [2.45, 2.75) is 26.4 Å². The molecule has 100 valence electrons. The van der Waals surface area contributed by atoms with E-state index in [1.807, 2.05) is 12.1 Å². The smallest absolute Gasteiger partial charge is 0.216 e. The number of ether oxygens (including phenoxy) is 1. The van der Waals surface area contributed by atoms with Crippen LogP contribution in [0.15, 0.2) is 41.0 Å². The average Bonchev–Trinajstić information content (AvgIpc) is 2.40. The van der Waals surface area contributed by atoms with Crippen LogP contribution in [0.25, 0.3) is 0 Å². The van der Waals surface area contributed by atoms with Crippen molar-refractivity contribution in [1.82, 2.24) is 4.98 Å². The summed E-state index contributed by atoms with van der Waals surface area (Å²) in [5.74, 6) is 0.422. The first-order valence-electron chi connectivity index (χ1n) is 6.09. The fourth-order valence-electron chi connectivity index (χ4n) is 1.63. The maximum atomic E-state index is 13.3. The molecule has 0 aliphatic carbocycles. The van der Waals surface area contributed by atoms with Crippen molar-refractivity contribution in [2.75, 3.05) is 0 Å². The van der Waals surface area contributed by atoms with Crippen LogP contribution in [0.2, 0.25) is 0 Å². The molecular weight excluding hydrogens is 309 g/mol. The number of halogens is 2. The highest BCUT2D eigenvalue weighted by atomic mass is 79.9. The van der Waals surface area contributed by atoms with E-state index in [0.29, 0.717) is 17.0 Å². The van der Waals surface area contributed by atoms with Gasteiger partial charge in [0.15, 0.2) is 0 Å². The van der Waals surface area contributed by atoms with E-state index in [2.05, 4.69) is 46.9 Å². The number of nitrogens with zero attached hydrogens (tertiary/aromatic N) is 1. The van der Waals surface area contributed by atoms with Crippen LogP contribution < -0.4 is 4.74 Å².